The Morgan fingerprint density at radius 3 is 2.72 bits per heavy atom. The van der Waals surface area contributed by atoms with E-state index in [0.717, 1.165) is 15.7 Å². The van der Waals surface area contributed by atoms with E-state index in [-0.39, 0.29) is 23.5 Å². The molecule has 0 unspecified atom stereocenters. The smallest absolute Gasteiger partial charge is 0.297 e. The van der Waals surface area contributed by atoms with Crippen LogP contribution in [0.2, 0.25) is 0 Å². The highest BCUT2D eigenvalue weighted by Gasteiger charge is 2.19. The van der Waals surface area contributed by atoms with E-state index >= 15 is 0 Å². The van der Waals surface area contributed by atoms with Crippen molar-refractivity contribution >= 4 is 39.4 Å². The van der Waals surface area contributed by atoms with Crippen molar-refractivity contribution in [2.24, 2.45) is 0 Å². The number of nitrogens with one attached hydrogen (secondary N) is 1. The molecule has 0 spiro atoms. The highest BCUT2D eigenvalue weighted by Crippen LogP contribution is 2.28. The van der Waals surface area contributed by atoms with Crippen LogP contribution in [0.3, 0.4) is 0 Å². The van der Waals surface area contributed by atoms with Gasteiger partial charge < -0.3 is 9.73 Å². The van der Waals surface area contributed by atoms with E-state index in [1.807, 2.05) is 6.07 Å². The van der Waals surface area contributed by atoms with Crippen LogP contribution < -0.4 is 10.9 Å². The Morgan fingerprint density at radius 1 is 1.24 bits per heavy atom. The molecule has 9 nitrogen and oxygen atoms in total. The van der Waals surface area contributed by atoms with E-state index in [9.17, 15) is 19.7 Å². The van der Waals surface area contributed by atoms with Gasteiger partial charge in [-0.2, -0.15) is 0 Å². The molecular weight excluding hydrogens is 376 g/mol. The molecule has 146 valence electrons. The van der Waals surface area contributed by atoms with Gasteiger partial charge in [-0.25, -0.2) is 4.98 Å². The summed E-state index contributed by atoms with van der Waals surface area (Å²) in [4.78, 5) is 40.1. The number of carbonyl (C=O) groups is 1. The number of benzene rings is 2. The van der Waals surface area contributed by atoms with Crippen molar-refractivity contribution in [2.45, 2.75) is 20.4 Å². The fraction of sp³-hybridized carbons (Fsp3) is 0.150. The number of fused-ring (bicyclic) bond motifs is 3. The number of aryl methyl sites for hydroxylation is 2. The number of hydrogen-bond acceptors (Lipinski definition) is 6. The summed E-state index contributed by atoms with van der Waals surface area (Å²) in [6.07, 6.45) is 1.26. The molecule has 0 radical (unpaired) electrons. The summed E-state index contributed by atoms with van der Waals surface area (Å²) in [5.74, 6) is -0.587. The van der Waals surface area contributed by atoms with Gasteiger partial charge in [0.1, 0.15) is 23.3 Å². The van der Waals surface area contributed by atoms with Crippen LogP contribution in [-0.4, -0.2) is 20.4 Å². The molecule has 1 amide bonds. The van der Waals surface area contributed by atoms with Gasteiger partial charge >= 0.3 is 0 Å². The molecule has 0 saturated heterocycles. The van der Waals surface area contributed by atoms with Crippen molar-refractivity contribution in [3.05, 3.63) is 74.3 Å². The van der Waals surface area contributed by atoms with Gasteiger partial charge in [-0.1, -0.05) is 12.1 Å². The van der Waals surface area contributed by atoms with Gasteiger partial charge in [-0.15, -0.1) is 0 Å². The Morgan fingerprint density at radius 2 is 1.97 bits per heavy atom. The minimum atomic E-state index is -0.587. The number of furan rings is 1. The Balaban J connectivity index is 1.66. The van der Waals surface area contributed by atoms with E-state index in [4.69, 9.17) is 4.42 Å². The van der Waals surface area contributed by atoms with Gasteiger partial charge in [0.25, 0.3) is 11.2 Å². The zero-order valence-electron chi connectivity index (χ0n) is 15.6. The summed E-state index contributed by atoms with van der Waals surface area (Å²) in [5.41, 5.74) is 1.91. The average molecular weight is 392 g/mol. The summed E-state index contributed by atoms with van der Waals surface area (Å²) in [6, 6.07) is 10.1. The number of aromatic nitrogens is 2. The fourth-order valence-corrected chi connectivity index (χ4v) is 3.12. The standard InChI is InChI=1S/C20H16N4O5/c1-11-7-14(15(24(27)28)8-12(11)2)22-17(25)9-23-10-21-18-13-5-3-4-6-16(13)29-19(18)20(23)26/h3-8,10H,9H2,1-2H3,(H,22,25). The maximum absolute atomic E-state index is 12.7. The zero-order valence-corrected chi connectivity index (χ0v) is 15.6. The second-order valence-electron chi connectivity index (χ2n) is 6.71. The number of rotatable bonds is 4. The summed E-state index contributed by atoms with van der Waals surface area (Å²) >= 11 is 0. The number of para-hydroxylation sites is 1. The van der Waals surface area contributed by atoms with Crippen LogP contribution in [0.4, 0.5) is 11.4 Å². The molecule has 2 aromatic carbocycles. The highest BCUT2D eigenvalue weighted by molar-refractivity contribution is 6.01. The van der Waals surface area contributed by atoms with Crippen molar-refractivity contribution in [3.8, 4) is 0 Å². The summed E-state index contributed by atoms with van der Waals surface area (Å²) in [5, 5.41) is 14.5. The third-order valence-electron chi connectivity index (χ3n) is 4.75. The molecule has 0 saturated carbocycles. The Kier molecular flexibility index (Phi) is 4.34. The van der Waals surface area contributed by atoms with E-state index in [1.165, 1.54) is 18.5 Å². The number of nitro groups is 1. The second-order valence-corrected chi connectivity index (χ2v) is 6.71. The van der Waals surface area contributed by atoms with Crippen molar-refractivity contribution in [1.29, 1.82) is 0 Å². The van der Waals surface area contributed by atoms with Crippen LogP contribution in [0.25, 0.3) is 22.1 Å². The fourth-order valence-electron chi connectivity index (χ4n) is 3.12. The monoisotopic (exact) mass is 392 g/mol. The molecule has 29 heavy (non-hydrogen) atoms. The number of amides is 1. The maximum Gasteiger partial charge on any atom is 0.297 e. The first-order chi connectivity index (χ1) is 13.8. The van der Waals surface area contributed by atoms with Crippen LogP contribution in [0, 0.1) is 24.0 Å². The van der Waals surface area contributed by atoms with Crippen molar-refractivity contribution in [1.82, 2.24) is 9.55 Å². The minimum Gasteiger partial charge on any atom is -0.448 e. The van der Waals surface area contributed by atoms with E-state index in [2.05, 4.69) is 10.3 Å². The quantitative estimate of drug-likeness (QED) is 0.420. The van der Waals surface area contributed by atoms with Crippen LogP contribution in [-0.2, 0) is 11.3 Å². The molecule has 0 aliphatic carbocycles. The largest absolute Gasteiger partial charge is 0.448 e. The summed E-state index contributed by atoms with van der Waals surface area (Å²) in [7, 11) is 0. The molecule has 0 aliphatic rings. The Hall–Kier alpha value is -4.01. The molecular formula is C20H16N4O5. The number of anilines is 1. The first kappa shape index (κ1) is 18.4. The predicted molar refractivity (Wildman–Crippen MR) is 107 cm³/mol. The number of nitro benzene ring substituents is 1. The molecule has 0 bridgehead atoms. The number of carbonyl (C=O) groups excluding carboxylic acids is 1. The van der Waals surface area contributed by atoms with E-state index in [0.29, 0.717) is 16.5 Å². The lowest BCUT2D eigenvalue weighted by atomic mass is 10.1. The van der Waals surface area contributed by atoms with Gasteiger partial charge in [-0.3, -0.25) is 24.3 Å². The molecule has 1 N–H and O–H groups in total. The highest BCUT2D eigenvalue weighted by atomic mass is 16.6. The van der Waals surface area contributed by atoms with E-state index in [1.54, 1.807) is 32.0 Å². The molecule has 4 rings (SSSR count). The normalized spacial score (nSPS) is 11.1. The van der Waals surface area contributed by atoms with Crippen LogP contribution in [0.1, 0.15) is 11.1 Å². The molecule has 0 aliphatic heterocycles. The number of nitrogens with zero attached hydrogens (tertiary/aromatic N) is 3. The first-order valence-electron chi connectivity index (χ1n) is 8.77. The Labute approximate surface area is 163 Å². The van der Waals surface area contributed by atoms with Gasteiger partial charge in [0.05, 0.1) is 11.3 Å². The molecule has 0 atom stereocenters. The lowest BCUT2D eigenvalue weighted by Gasteiger charge is -2.09. The molecule has 0 fully saturated rings. The summed E-state index contributed by atoms with van der Waals surface area (Å²) in [6.45, 7) is 3.18. The van der Waals surface area contributed by atoms with Crippen molar-refractivity contribution < 1.29 is 14.1 Å². The topological polar surface area (TPSA) is 120 Å². The zero-order chi connectivity index (χ0) is 20.7. The average Bonchev–Trinajstić information content (AvgIpc) is 3.06. The SMILES string of the molecule is Cc1cc(NC(=O)Cn2cnc3c(oc4ccccc43)c2=O)c([N+](=O)[O-])cc1C. The molecule has 9 heteroatoms. The van der Waals surface area contributed by atoms with Gasteiger partial charge in [0.15, 0.2) is 0 Å². The molecule has 2 aromatic heterocycles. The molecule has 2 heterocycles. The van der Waals surface area contributed by atoms with Gasteiger partial charge in [0.2, 0.25) is 11.5 Å². The lowest BCUT2D eigenvalue weighted by molar-refractivity contribution is -0.384. The van der Waals surface area contributed by atoms with Crippen LogP contribution >= 0.6 is 0 Å². The number of hydrogen-bond donors (Lipinski definition) is 1. The van der Waals surface area contributed by atoms with Crippen molar-refractivity contribution in [3.63, 3.8) is 0 Å². The predicted octanol–water partition coefficient (Wildman–Crippen LogP) is 3.31. The van der Waals surface area contributed by atoms with Crippen LogP contribution in [0.5, 0.6) is 0 Å². The van der Waals surface area contributed by atoms with Crippen LogP contribution in [0.15, 0.2) is 51.9 Å². The lowest BCUT2D eigenvalue weighted by Crippen LogP contribution is -2.27. The third-order valence-corrected chi connectivity index (χ3v) is 4.75. The van der Waals surface area contributed by atoms with E-state index < -0.39 is 16.4 Å². The van der Waals surface area contributed by atoms with Crippen molar-refractivity contribution in [2.75, 3.05) is 5.32 Å². The van der Waals surface area contributed by atoms with Gasteiger partial charge in [-0.05, 0) is 43.2 Å². The second kappa shape index (κ2) is 6.86. The summed E-state index contributed by atoms with van der Waals surface area (Å²) < 4.78 is 6.69. The third kappa shape index (κ3) is 3.22. The molecule has 4 aromatic rings. The Bertz CT molecular complexity index is 1350. The first-order valence-corrected chi connectivity index (χ1v) is 8.77. The minimum absolute atomic E-state index is 0.0543. The maximum atomic E-state index is 12.7. The van der Waals surface area contributed by atoms with Gasteiger partial charge in [0, 0.05) is 11.5 Å².